The highest BCUT2D eigenvalue weighted by molar-refractivity contribution is 5.95. The largest absolute Gasteiger partial charge is 0.366 e. The molecule has 1 fully saturated rings. The number of aromatic nitrogens is 4. The number of nitrogens with two attached hydrogens (primary N) is 1. The summed E-state index contributed by atoms with van der Waals surface area (Å²) in [5.74, 6) is -0.516. The number of primary amides is 1. The summed E-state index contributed by atoms with van der Waals surface area (Å²) in [4.78, 5) is 36.3. The normalized spacial score (nSPS) is 14.2. The molecule has 0 radical (unpaired) electrons. The van der Waals surface area contributed by atoms with Crippen molar-refractivity contribution in [1.29, 1.82) is 0 Å². The van der Waals surface area contributed by atoms with Crippen molar-refractivity contribution in [3.63, 3.8) is 0 Å². The van der Waals surface area contributed by atoms with Crippen LogP contribution in [0.2, 0.25) is 0 Å². The summed E-state index contributed by atoms with van der Waals surface area (Å²) in [5, 5.41) is 8.56. The molecule has 3 aromatic heterocycles. The van der Waals surface area contributed by atoms with E-state index in [1.807, 2.05) is 41.9 Å². The highest BCUT2D eigenvalue weighted by Gasteiger charge is 2.25. The second kappa shape index (κ2) is 11.9. The zero-order chi connectivity index (χ0) is 30.9. The first-order valence-electron chi connectivity index (χ1n) is 15.2. The fourth-order valence-electron chi connectivity index (χ4n) is 6.05. The third kappa shape index (κ3) is 5.90. The van der Waals surface area contributed by atoms with Gasteiger partial charge in [-0.3, -0.25) is 14.5 Å². The molecule has 3 N–H and O–H groups in total. The molecule has 7 rings (SSSR count). The molecular weight excluding hydrogens is 562 g/mol. The zero-order valence-electron chi connectivity index (χ0n) is 25.0. The number of carbonyl (C=O) groups is 2. The minimum Gasteiger partial charge on any atom is -0.366 e. The predicted molar refractivity (Wildman–Crippen MR) is 175 cm³/mol. The molecule has 1 aliphatic heterocycles. The van der Waals surface area contributed by atoms with E-state index in [4.69, 9.17) is 10.7 Å². The Labute approximate surface area is 260 Å². The van der Waals surface area contributed by atoms with Gasteiger partial charge in [-0.25, -0.2) is 9.97 Å². The summed E-state index contributed by atoms with van der Waals surface area (Å²) in [6, 6.07) is 29.7. The molecule has 9 heteroatoms. The molecule has 4 heterocycles. The SMILES string of the molecule is Cc1cc2ncc3cc(-c4ccccc4)c(-c4ccc(CN5CCC(C(=O)Nc6ccc(C(N)=O)cc6)CC5)cc4)nc3n2n1. The van der Waals surface area contributed by atoms with Crippen LogP contribution in [0.1, 0.15) is 34.5 Å². The molecule has 3 aromatic carbocycles. The number of hydrogen-bond acceptors (Lipinski definition) is 6. The quantitative estimate of drug-likeness (QED) is 0.238. The van der Waals surface area contributed by atoms with Crippen LogP contribution >= 0.6 is 0 Å². The summed E-state index contributed by atoms with van der Waals surface area (Å²) in [6.45, 7) is 4.47. The van der Waals surface area contributed by atoms with Crippen molar-refractivity contribution in [3.8, 4) is 22.4 Å². The summed E-state index contributed by atoms with van der Waals surface area (Å²) in [5.41, 5.74) is 14.1. The Bertz CT molecular complexity index is 2010. The molecule has 0 bridgehead atoms. The van der Waals surface area contributed by atoms with Gasteiger partial charge in [0.05, 0.1) is 11.4 Å². The molecule has 2 amide bonds. The minimum atomic E-state index is -0.485. The first kappa shape index (κ1) is 28.4. The van der Waals surface area contributed by atoms with Crippen LogP contribution in [0.5, 0.6) is 0 Å². The Kier molecular flexibility index (Phi) is 7.52. The highest BCUT2D eigenvalue weighted by atomic mass is 16.2. The lowest BCUT2D eigenvalue weighted by molar-refractivity contribution is -0.121. The number of nitrogens with one attached hydrogen (secondary N) is 1. The lowest BCUT2D eigenvalue weighted by atomic mass is 9.95. The molecule has 0 aliphatic carbocycles. The van der Waals surface area contributed by atoms with Gasteiger partial charge in [-0.15, -0.1) is 0 Å². The third-order valence-corrected chi connectivity index (χ3v) is 8.49. The number of hydrogen-bond donors (Lipinski definition) is 2. The maximum absolute atomic E-state index is 12.9. The Balaban J connectivity index is 1.06. The number of benzene rings is 3. The lowest BCUT2D eigenvalue weighted by Gasteiger charge is -2.31. The third-order valence-electron chi connectivity index (χ3n) is 8.49. The number of piperidine rings is 1. The van der Waals surface area contributed by atoms with E-state index in [0.717, 1.165) is 77.2 Å². The number of rotatable bonds is 7. The Morgan fingerprint density at radius 2 is 1.64 bits per heavy atom. The second-order valence-electron chi connectivity index (χ2n) is 11.7. The van der Waals surface area contributed by atoms with Gasteiger partial charge in [-0.1, -0.05) is 54.6 Å². The van der Waals surface area contributed by atoms with E-state index < -0.39 is 5.91 Å². The van der Waals surface area contributed by atoms with Crippen LogP contribution in [-0.2, 0) is 11.3 Å². The van der Waals surface area contributed by atoms with Gasteiger partial charge in [-0.2, -0.15) is 9.61 Å². The molecule has 1 aliphatic rings. The Morgan fingerprint density at radius 1 is 0.911 bits per heavy atom. The molecule has 0 unspecified atom stereocenters. The maximum atomic E-state index is 12.9. The standard InChI is InChI=1S/C36H33N7O2/c1-23-19-32-38-21-29-20-31(25-5-3-2-4-6-25)33(40-35(29)43(32)41-23)26-9-7-24(8-10-26)22-42-17-15-28(16-18-42)36(45)39-30-13-11-27(12-14-30)34(37)44/h2-14,19-21,28H,15-18,22H2,1H3,(H2,37,44)(H,39,45). The summed E-state index contributed by atoms with van der Waals surface area (Å²) < 4.78 is 1.82. The van der Waals surface area contributed by atoms with Crippen molar-refractivity contribution in [1.82, 2.24) is 24.5 Å². The van der Waals surface area contributed by atoms with Gasteiger partial charge in [0.25, 0.3) is 0 Å². The Morgan fingerprint density at radius 3 is 2.36 bits per heavy atom. The molecule has 0 spiro atoms. The van der Waals surface area contributed by atoms with E-state index in [1.54, 1.807) is 24.3 Å². The van der Waals surface area contributed by atoms with E-state index in [9.17, 15) is 9.59 Å². The zero-order valence-corrected chi connectivity index (χ0v) is 25.0. The summed E-state index contributed by atoms with van der Waals surface area (Å²) in [7, 11) is 0. The van der Waals surface area contributed by atoms with Gasteiger partial charge in [0.2, 0.25) is 11.8 Å². The average Bonchev–Trinajstić information content (AvgIpc) is 3.46. The number of carbonyl (C=O) groups excluding carboxylic acids is 2. The summed E-state index contributed by atoms with van der Waals surface area (Å²) >= 11 is 0. The molecule has 1 saturated heterocycles. The lowest BCUT2D eigenvalue weighted by Crippen LogP contribution is -2.37. The van der Waals surface area contributed by atoms with E-state index in [1.165, 1.54) is 5.56 Å². The fourth-order valence-corrected chi connectivity index (χ4v) is 6.05. The first-order chi connectivity index (χ1) is 21.9. The van der Waals surface area contributed by atoms with Gasteiger partial charge >= 0.3 is 0 Å². The van der Waals surface area contributed by atoms with Crippen LogP contribution in [0, 0.1) is 12.8 Å². The number of pyridine rings is 1. The molecular formula is C36H33N7O2. The average molecular weight is 596 g/mol. The van der Waals surface area contributed by atoms with Gasteiger partial charge in [0, 0.05) is 52.5 Å². The molecule has 0 atom stereocenters. The van der Waals surface area contributed by atoms with E-state index in [0.29, 0.717) is 11.3 Å². The molecule has 0 saturated carbocycles. The molecule has 9 nitrogen and oxygen atoms in total. The van der Waals surface area contributed by atoms with E-state index in [-0.39, 0.29) is 11.8 Å². The number of amides is 2. The van der Waals surface area contributed by atoms with Crippen molar-refractivity contribution in [2.75, 3.05) is 18.4 Å². The van der Waals surface area contributed by atoms with E-state index in [2.05, 4.69) is 62.8 Å². The van der Waals surface area contributed by atoms with Crippen molar-refractivity contribution >= 4 is 34.2 Å². The number of anilines is 1. The number of fused-ring (bicyclic) bond motifs is 3. The van der Waals surface area contributed by atoms with Gasteiger partial charge in [0.1, 0.15) is 0 Å². The first-order valence-corrected chi connectivity index (χ1v) is 15.2. The fraction of sp³-hybridized carbons (Fsp3) is 0.194. The Hall–Kier alpha value is -5.41. The maximum Gasteiger partial charge on any atom is 0.248 e. The van der Waals surface area contributed by atoms with Crippen LogP contribution in [0.25, 0.3) is 39.1 Å². The number of likely N-dealkylation sites (tertiary alicyclic amines) is 1. The topological polar surface area (TPSA) is 119 Å². The molecule has 6 aromatic rings. The molecule has 224 valence electrons. The molecule has 45 heavy (non-hydrogen) atoms. The van der Waals surface area contributed by atoms with Crippen molar-refractivity contribution in [3.05, 3.63) is 114 Å². The highest BCUT2D eigenvalue weighted by Crippen LogP contribution is 2.34. The smallest absolute Gasteiger partial charge is 0.248 e. The van der Waals surface area contributed by atoms with Gasteiger partial charge < -0.3 is 11.1 Å². The van der Waals surface area contributed by atoms with Crippen LogP contribution in [0.4, 0.5) is 5.69 Å². The van der Waals surface area contributed by atoms with Crippen LogP contribution < -0.4 is 11.1 Å². The van der Waals surface area contributed by atoms with Crippen molar-refractivity contribution in [2.45, 2.75) is 26.3 Å². The second-order valence-corrected chi connectivity index (χ2v) is 11.7. The number of aryl methyl sites for hydroxylation is 1. The van der Waals surface area contributed by atoms with Gasteiger partial charge in [-0.05, 0) is 74.3 Å². The predicted octanol–water partition coefficient (Wildman–Crippen LogP) is 5.87. The van der Waals surface area contributed by atoms with Crippen molar-refractivity contribution < 1.29 is 9.59 Å². The summed E-state index contributed by atoms with van der Waals surface area (Å²) in [6.07, 6.45) is 3.45. The monoisotopic (exact) mass is 595 g/mol. The number of nitrogens with zero attached hydrogens (tertiary/aromatic N) is 5. The van der Waals surface area contributed by atoms with E-state index >= 15 is 0 Å². The van der Waals surface area contributed by atoms with Crippen LogP contribution in [-0.4, -0.2) is 49.4 Å². The minimum absolute atomic E-state index is 0.0151. The van der Waals surface area contributed by atoms with Crippen LogP contribution in [0.15, 0.2) is 97.2 Å². The van der Waals surface area contributed by atoms with Crippen molar-refractivity contribution in [2.24, 2.45) is 11.7 Å². The van der Waals surface area contributed by atoms with Crippen LogP contribution in [0.3, 0.4) is 0 Å². The van der Waals surface area contributed by atoms with Gasteiger partial charge in [0.15, 0.2) is 11.3 Å².